The van der Waals surface area contributed by atoms with Gasteiger partial charge in [-0.15, -0.1) is 0 Å². The van der Waals surface area contributed by atoms with Crippen molar-refractivity contribution in [1.82, 2.24) is 10.2 Å². The number of alkyl halides is 3. The van der Waals surface area contributed by atoms with E-state index in [2.05, 4.69) is 31.0 Å². The van der Waals surface area contributed by atoms with Crippen molar-refractivity contribution in [3.05, 3.63) is 0 Å². The molecule has 1 N–H and O–H groups in total. The minimum absolute atomic E-state index is 0.172. The van der Waals surface area contributed by atoms with Crippen molar-refractivity contribution < 1.29 is 13.2 Å². The molecule has 0 spiro atoms. The van der Waals surface area contributed by atoms with Crippen LogP contribution in [0.3, 0.4) is 0 Å². The molecule has 0 aromatic heterocycles. The molecule has 3 atom stereocenters. The van der Waals surface area contributed by atoms with Crippen molar-refractivity contribution in [1.29, 1.82) is 0 Å². The van der Waals surface area contributed by atoms with Gasteiger partial charge in [-0.25, -0.2) is 0 Å². The Hall–Kier alpha value is -0.290. The van der Waals surface area contributed by atoms with Crippen molar-refractivity contribution in [2.45, 2.75) is 64.7 Å². The Morgan fingerprint density at radius 3 is 2.55 bits per heavy atom. The van der Waals surface area contributed by atoms with Gasteiger partial charge in [0.1, 0.15) is 0 Å². The number of likely N-dealkylation sites (tertiary alicyclic amines) is 1. The molecule has 0 amide bonds. The normalized spacial score (nSPS) is 35.4. The number of hydrogen-bond acceptors (Lipinski definition) is 2. The molecule has 2 nitrogen and oxygen atoms in total. The van der Waals surface area contributed by atoms with Gasteiger partial charge in [0.15, 0.2) is 0 Å². The molecular formula is C15H27F3N2. The summed E-state index contributed by atoms with van der Waals surface area (Å²) in [5.74, 6) is -1.14. The molecule has 1 saturated heterocycles. The van der Waals surface area contributed by atoms with Crippen LogP contribution in [0.5, 0.6) is 0 Å². The Balaban J connectivity index is 2.06. The molecule has 0 aromatic carbocycles. The van der Waals surface area contributed by atoms with Crippen LogP contribution in [0, 0.1) is 11.3 Å². The maximum atomic E-state index is 13.0. The molecule has 2 rings (SSSR count). The van der Waals surface area contributed by atoms with Crippen molar-refractivity contribution >= 4 is 0 Å². The van der Waals surface area contributed by atoms with Gasteiger partial charge in [-0.1, -0.05) is 20.8 Å². The molecular weight excluding hydrogens is 265 g/mol. The number of likely N-dealkylation sites (N-methyl/N-ethyl adjacent to an activating group) is 1. The molecule has 0 aromatic rings. The van der Waals surface area contributed by atoms with Gasteiger partial charge in [0.25, 0.3) is 0 Å². The molecule has 5 heteroatoms. The third-order valence-electron chi connectivity index (χ3n) is 5.12. The zero-order valence-corrected chi connectivity index (χ0v) is 12.8. The van der Waals surface area contributed by atoms with Crippen LogP contribution >= 0.6 is 0 Å². The Labute approximate surface area is 120 Å². The number of hydrogen-bond donors (Lipinski definition) is 1. The van der Waals surface area contributed by atoms with Crippen molar-refractivity contribution in [3.63, 3.8) is 0 Å². The predicted octanol–water partition coefficient (Wildman–Crippen LogP) is 3.43. The van der Waals surface area contributed by atoms with E-state index in [4.69, 9.17) is 0 Å². The largest absolute Gasteiger partial charge is 0.393 e. The molecule has 1 heterocycles. The van der Waals surface area contributed by atoms with E-state index >= 15 is 0 Å². The maximum Gasteiger partial charge on any atom is 0.393 e. The molecule has 0 bridgehead atoms. The summed E-state index contributed by atoms with van der Waals surface area (Å²) in [6, 6.07) is 0.564. The fourth-order valence-electron chi connectivity index (χ4n) is 3.96. The lowest BCUT2D eigenvalue weighted by molar-refractivity contribution is -0.189. The highest BCUT2D eigenvalue weighted by molar-refractivity contribution is 5.02. The molecule has 3 unspecified atom stereocenters. The topological polar surface area (TPSA) is 15.3 Å². The van der Waals surface area contributed by atoms with Crippen molar-refractivity contribution in [2.24, 2.45) is 11.3 Å². The van der Waals surface area contributed by atoms with E-state index in [-0.39, 0.29) is 18.0 Å². The smallest absolute Gasteiger partial charge is 0.312 e. The van der Waals surface area contributed by atoms with Gasteiger partial charge < -0.3 is 5.32 Å². The Kier molecular flexibility index (Phi) is 4.69. The molecule has 1 aliphatic carbocycles. The number of nitrogens with one attached hydrogen (secondary N) is 1. The van der Waals surface area contributed by atoms with Gasteiger partial charge in [0.2, 0.25) is 0 Å². The van der Waals surface area contributed by atoms with Gasteiger partial charge in [-0.3, -0.25) is 4.90 Å². The molecule has 2 aliphatic rings. The fraction of sp³-hybridized carbons (Fsp3) is 1.00. The molecule has 20 heavy (non-hydrogen) atoms. The zero-order valence-electron chi connectivity index (χ0n) is 12.8. The summed E-state index contributed by atoms with van der Waals surface area (Å²) in [6.45, 7) is 8.40. The summed E-state index contributed by atoms with van der Waals surface area (Å²) in [7, 11) is 0. The van der Waals surface area contributed by atoms with Crippen LogP contribution in [0.15, 0.2) is 0 Å². The predicted molar refractivity (Wildman–Crippen MR) is 74.6 cm³/mol. The molecule has 0 radical (unpaired) electrons. The van der Waals surface area contributed by atoms with E-state index in [1.807, 2.05) is 0 Å². The Bertz CT molecular complexity index is 328. The van der Waals surface area contributed by atoms with E-state index in [1.54, 1.807) is 0 Å². The monoisotopic (exact) mass is 292 g/mol. The first-order valence-electron chi connectivity index (χ1n) is 7.80. The molecule has 1 saturated carbocycles. The average Bonchev–Trinajstić information content (AvgIpc) is 2.65. The highest BCUT2D eigenvalue weighted by Crippen LogP contribution is 2.42. The van der Waals surface area contributed by atoms with Crippen LogP contribution in [0.4, 0.5) is 13.2 Å². The zero-order chi connectivity index (χ0) is 15.0. The quantitative estimate of drug-likeness (QED) is 0.857. The van der Waals surface area contributed by atoms with Crippen LogP contribution in [0.1, 0.15) is 46.5 Å². The molecule has 1 aliphatic heterocycles. The average molecular weight is 292 g/mol. The number of piperidine rings is 1. The van der Waals surface area contributed by atoms with E-state index in [0.717, 1.165) is 25.9 Å². The lowest BCUT2D eigenvalue weighted by Gasteiger charge is -2.42. The van der Waals surface area contributed by atoms with Gasteiger partial charge in [0, 0.05) is 18.6 Å². The van der Waals surface area contributed by atoms with Crippen LogP contribution in [0.25, 0.3) is 0 Å². The second-order valence-electron chi connectivity index (χ2n) is 7.01. The third kappa shape index (κ3) is 3.30. The highest BCUT2D eigenvalue weighted by Gasteiger charge is 2.48. The van der Waals surface area contributed by atoms with Crippen LogP contribution < -0.4 is 5.32 Å². The van der Waals surface area contributed by atoms with Crippen LogP contribution in [-0.2, 0) is 0 Å². The first kappa shape index (κ1) is 16.1. The SMILES string of the molecule is CCNC1C(N2CCCC(C(F)(F)F)C2)CCC1(C)C. The minimum Gasteiger partial charge on any atom is -0.312 e. The van der Waals surface area contributed by atoms with E-state index in [0.29, 0.717) is 18.9 Å². The lowest BCUT2D eigenvalue weighted by Crippen LogP contribution is -2.55. The van der Waals surface area contributed by atoms with Gasteiger partial charge in [0.05, 0.1) is 5.92 Å². The highest BCUT2D eigenvalue weighted by atomic mass is 19.4. The summed E-state index contributed by atoms with van der Waals surface area (Å²) in [5.41, 5.74) is 0.172. The summed E-state index contributed by atoms with van der Waals surface area (Å²) in [4.78, 5) is 2.10. The van der Waals surface area contributed by atoms with Crippen LogP contribution in [0.2, 0.25) is 0 Å². The first-order chi connectivity index (χ1) is 9.25. The van der Waals surface area contributed by atoms with Crippen molar-refractivity contribution in [2.75, 3.05) is 19.6 Å². The minimum atomic E-state index is -4.04. The van der Waals surface area contributed by atoms with Gasteiger partial charge in [-0.2, -0.15) is 13.2 Å². The van der Waals surface area contributed by atoms with Gasteiger partial charge >= 0.3 is 6.18 Å². The third-order valence-corrected chi connectivity index (χ3v) is 5.12. The number of nitrogens with zero attached hydrogens (tertiary/aromatic N) is 1. The van der Waals surface area contributed by atoms with Gasteiger partial charge in [-0.05, 0) is 44.2 Å². The second kappa shape index (κ2) is 5.84. The maximum absolute atomic E-state index is 13.0. The summed E-state index contributed by atoms with van der Waals surface area (Å²) in [6.07, 6.45) is -0.986. The summed E-state index contributed by atoms with van der Waals surface area (Å²) in [5, 5.41) is 3.51. The second-order valence-corrected chi connectivity index (χ2v) is 7.01. The number of rotatable bonds is 3. The van der Waals surface area contributed by atoms with Crippen molar-refractivity contribution in [3.8, 4) is 0 Å². The summed E-state index contributed by atoms with van der Waals surface area (Å²) < 4.78 is 38.9. The van der Waals surface area contributed by atoms with E-state index in [9.17, 15) is 13.2 Å². The summed E-state index contributed by atoms with van der Waals surface area (Å²) >= 11 is 0. The molecule has 2 fully saturated rings. The first-order valence-corrected chi connectivity index (χ1v) is 7.80. The van der Waals surface area contributed by atoms with E-state index in [1.165, 1.54) is 0 Å². The van der Waals surface area contributed by atoms with Crippen LogP contribution in [-0.4, -0.2) is 42.8 Å². The standard InChI is InChI=1S/C15H27F3N2/c1-4-19-13-12(7-8-14(13,2)3)20-9-5-6-11(10-20)15(16,17)18/h11-13,19H,4-10H2,1-3H3. The lowest BCUT2D eigenvalue weighted by atomic mass is 9.85. The van der Waals surface area contributed by atoms with E-state index < -0.39 is 12.1 Å². The number of halogens is 3. The molecule has 118 valence electrons. The fourth-order valence-corrected chi connectivity index (χ4v) is 3.96. The Morgan fingerprint density at radius 1 is 1.25 bits per heavy atom. The Morgan fingerprint density at radius 2 is 1.95 bits per heavy atom.